The molecule has 1 atom stereocenters. The van der Waals surface area contributed by atoms with Gasteiger partial charge in [-0.05, 0) is 13.8 Å². The fraction of sp³-hybridized carbons (Fsp3) is 0.706. The maximum absolute atomic E-state index is 12.8. The molecule has 1 spiro atoms. The van der Waals surface area contributed by atoms with Crippen LogP contribution >= 0.6 is 0 Å². The van der Waals surface area contributed by atoms with Crippen LogP contribution in [0.3, 0.4) is 0 Å². The van der Waals surface area contributed by atoms with Crippen LogP contribution in [0.1, 0.15) is 39.4 Å². The van der Waals surface area contributed by atoms with E-state index in [4.69, 9.17) is 4.74 Å². The van der Waals surface area contributed by atoms with Gasteiger partial charge in [-0.3, -0.25) is 9.59 Å². The van der Waals surface area contributed by atoms with Crippen LogP contribution in [0.4, 0.5) is 0 Å². The lowest BCUT2D eigenvalue weighted by molar-refractivity contribution is -0.182. The Balaban J connectivity index is 1.85. The summed E-state index contributed by atoms with van der Waals surface area (Å²) >= 11 is 0. The molecule has 1 aromatic heterocycles. The van der Waals surface area contributed by atoms with Gasteiger partial charge in [0.2, 0.25) is 5.91 Å². The van der Waals surface area contributed by atoms with Crippen molar-refractivity contribution in [1.82, 2.24) is 19.4 Å². The Hall–Kier alpha value is -1.89. The highest BCUT2D eigenvalue weighted by molar-refractivity contribution is 5.81. The average molecular weight is 334 g/mol. The number of nitrogens with zero attached hydrogens (tertiary/aromatic N) is 4. The Kier molecular flexibility index (Phi) is 4.62. The lowest BCUT2D eigenvalue weighted by atomic mass is 9.88. The Morgan fingerprint density at radius 1 is 1.33 bits per heavy atom. The molecule has 3 heterocycles. The normalized spacial score (nSPS) is 22.3. The van der Waals surface area contributed by atoms with Crippen molar-refractivity contribution in [3.8, 4) is 0 Å². The van der Waals surface area contributed by atoms with E-state index in [9.17, 15) is 9.59 Å². The summed E-state index contributed by atoms with van der Waals surface area (Å²) in [6, 6.07) is 0. The molecule has 7 nitrogen and oxygen atoms in total. The first kappa shape index (κ1) is 17.0. The van der Waals surface area contributed by atoms with E-state index in [-0.39, 0.29) is 11.8 Å². The van der Waals surface area contributed by atoms with Crippen LogP contribution in [-0.2, 0) is 26.5 Å². The molecule has 7 heteroatoms. The third kappa shape index (κ3) is 2.81. The highest BCUT2D eigenvalue weighted by Gasteiger charge is 2.47. The predicted molar refractivity (Wildman–Crippen MR) is 88.2 cm³/mol. The van der Waals surface area contributed by atoms with E-state index in [0.717, 1.165) is 5.82 Å². The van der Waals surface area contributed by atoms with Crippen LogP contribution in [0, 0.1) is 0 Å². The molecule has 24 heavy (non-hydrogen) atoms. The number of likely N-dealkylation sites (N-methyl/N-ethyl adjacent to an activating group) is 1. The molecule has 1 saturated heterocycles. The van der Waals surface area contributed by atoms with Gasteiger partial charge in [0.25, 0.3) is 5.91 Å². The summed E-state index contributed by atoms with van der Waals surface area (Å²) < 4.78 is 8.40. The summed E-state index contributed by atoms with van der Waals surface area (Å²) in [5.41, 5.74) is -0.568. The minimum absolute atomic E-state index is 0.0349. The molecule has 0 N–H and O–H groups in total. The summed E-state index contributed by atoms with van der Waals surface area (Å²) in [4.78, 5) is 32.5. The molecule has 0 radical (unpaired) electrons. The topological polar surface area (TPSA) is 67.7 Å². The predicted octanol–water partition coefficient (Wildman–Crippen LogP) is 0.988. The third-order valence-corrected chi connectivity index (χ3v) is 5.22. The fourth-order valence-electron chi connectivity index (χ4n) is 3.79. The van der Waals surface area contributed by atoms with Crippen LogP contribution in [0.25, 0.3) is 0 Å². The van der Waals surface area contributed by atoms with E-state index >= 15 is 0 Å². The van der Waals surface area contributed by atoms with Crippen molar-refractivity contribution in [3.63, 3.8) is 0 Å². The van der Waals surface area contributed by atoms with Gasteiger partial charge in [-0.15, -0.1) is 0 Å². The number of carbonyl (C=O) groups excluding carboxylic acids is 2. The molecular weight excluding hydrogens is 308 g/mol. The van der Waals surface area contributed by atoms with Crippen LogP contribution in [0.15, 0.2) is 12.4 Å². The largest absolute Gasteiger partial charge is 0.352 e. The number of rotatable bonds is 3. The number of hydrogen-bond acceptors (Lipinski definition) is 4. The number of imidazole rings is 1. The first-order chi connectivity index (χ1) is 11.5. The number of piperidine rings is 1. The zero-order chi connectivity index (χ0) is 17.3. The zero-order valence-electron chi connectivity index (χ0n) is 14.7. The summed E-state index contributed by atoms with van der Waals surface area (Å²) in [5, 5.41) is 0. The highest BCUT2D eigenvalue weighted by Crippen LogP contribution is 2.40. The quantitative estimate of drug-likeness (QED) is 0.827. The van der Waals surface area contributed by atoms with Crippen LogP contribution in [0.5, 0.6) is 0 Å². The van der Waals surface area contributed by atoms with Crippen LogP contribution in [0.2, 0.25) is 0 Å². The maximum atomic E-state index is 12.8. The van der Waals surface area contributed by atoms with Crippen LogP contribution < -0.4 is 0 Å². The second kappa shape index (κ2) is 6.55. The second-order valence-electron chi connectivity index (χ2n) is 6.52. The number of aromatic nitrogens is 2. The Bertz CT molecular complexity index is 615. The van der Waals surface area contributed by atoms with Crippen molar-refractivity contribution in [2.75, 3.05) is 26.2 Å². The SMILES string of the molecule is CCN(CC)C(=O)[C@H]1Cn2ccnc2C2(CCN(C(C)=O)CC2)O1. The molecule has 0 unspecified atom stereocenters. The number of amides is 2. The van der Waals surface area contributed by atoms with E-state index in [2.05, 4.69) is 4.98 Å². The van der Waals surface area contributed by atoms with Crippen molar-refractivity contribution in [1.29, 1.82) is 0 Å². The molecular formula is C17H26N4O3. The van der Waals surface area contributed by atoms with E-state index < -0.39 is 11.7 Å². The monoisotopic (exact) mass is 334 g/mol. The van der Waals surface area contributed by atoms with Crippen molar-refractivity contribution in [3.05, 3.63) is 18.2 Å². The lowest BCUT2D eigenvalue weighted by Crippen LogP contribution is -2.55. The lowest BCUT2D eigenvalue weighted by Gasteiger charge is -2.46. The molecule has 2 aliphatic heterocycles. The summed E-state index contributed by atoms with van der Waals surface area (Å²) in [5.74, 6) is 1.00. The molecule has 0 bridgehead atoms. The van der Waals surface area contributed by atoms with Gasteiger partial charge in [0.05, 0.1) is 6.54 Å². The van der Waals surface area contributed by atoms with E-state index in [1.165, 1.54) is 0 Å². The fourth-order valence-corrected chi connectivity index (χ4v) is 3.79. The van der Waals surface area contributed by atoms with E-state index in [1.54, 1.807) is 13.1 Å². The molecule has 132 valence electrons. The van der Waals surface area contributed by atoms with Gasteiger partial charge in [0.15, 0.2) is 6.10 Å². The summed E-state index contributed by atoms with van der Waals surface area (Å²) in [6.45, 7) is 8.68. The summed E-state index contributed by atoms with van der Waals surface area (Å²) in [7, 11) is 0. The Morgan fingerprint density at radius 2 is 2.00 bits per heavy atom. The molecule has 1 fully saturated rings. The number of carbonyl (C=O) groups is 2. The standard InChI is InChI=1S/C17H26N4O3/c1-4-19(5-2)15(23)14-12-21-11-8-18-16(21)17(24-14)6-9-20(10-7-17)13(3)22/h8,11,14H,4-7,9-10,12H2,1-3H3/t14-/m1/s1. The number of hydrogen-bond donors (Lipinski definition) is 0. The van der Waals surface area contributed by atoms with Crippen LogP contribution in [-0.4, -0.2) is 63.4 Å². The van der Waals surface area contributed by atoms with Gasteiger partial charge in [-0.25, -0.2) is 4.98 Å². The van der Waals surface area contributed by atoms with Gasteiger partial charge in [-0.1, -0.05) is 0 Å². The van der Waals surface area contributed by atoms with Gasteiger partial charge in [0, 0.05) is 58.3 Å². The van der Waals surface area contributed by atoms with E-state index in [1.807, 2.05) is 34.4 Å². The maximum Gasteiger partial charge on any atom is 0.253 e. The first-order valence-corrected chi connectivity index (χ1v) is 8.74. The molecule has 0 aromatic carbocycles. The molecule has 0 saturated carbocycles. The first-order valence-electron chi connectivity index (χ1n) is 8.74. The van der Waals surface area contributed by atoms with E-state index in [0.29, 0.717) is 45.6 Å². The van der Waals surface area contributed by atoms with Crippen molar-refractivity contribution in [2.24, 2.45) is 0 Å². The minimum atomic E-state index is -0.568. The van der Waals surface area contributed by atoms with Gasteiger partial charge in [0.1, 0.15) is 11.4 Å². The van der Waals surface area contributed by atoms with Gasteiger partial charge >= 0.3 is 0 Å². The van der Waals surface area contributed by atoms with Crippen molar-refractivity contribution in [2.45, 2.75) is 51.9 Å². The Labute approximate surface area is 142 Å². The zero-order valence-corrected chi connectivity index (χ0v) is 14.7. The smallest absolute Gasteiger partial charge is 0.253 e. The molecule has 3 rings (SSSR count). The Morgan fingerprint density at radius 3 is 2.58 bits per heavy atom. The average Bonchev–Trinajstić information content (AvgIpc) is 3.06. The van der Waals surface area contributed by atoms with Crippen molar-refractivity contribution >= 4 is 11.8 Å². The second-order valence-corrected chi connectivity index (χ2v) is 6.52. The minimum Gasteiger partial charge on any atom is -0.352 e. The van der Waals surface area contributed by atoms with Gasteiger partial charge in [-0.2, -0.15) is 0 Å². The number of fused-ring (bicyclic) bond motifs is 2. The number of likely N-dealkylation sites (tertiary alicyclic amines) is 1. The molecule has 1 aromatic rings. The van der Waals surface area contributed by atoms with Crippen molar-refractivity contribution < 1.29 is 14.3 Å². The molecule has 0 aliphatic carbocycles. The molecule has 2 amide bonds. The number of ether oxygens (including phenoxy) is 1. The molecule has 2 aliphatic rings. The summed E-state index contributed by atoms with van der Waals surface area (Å²) in [6.07, 6.45) is 4.54. The highest BCUT2D eigenvalue weighted by atomic mass is 16.5. The third-order valence-electron chi connectivity index (χ3n) is 5.22. The van der Waals surface area contributed by atoms with Gasteiger partial charge < -0.3 is 19.1 Å².